The lowest BCUT2D eigenvalue weighted by Crippen LogP contribution is -2.30. The van der Waals surface area contributed by atoms with Crippen LogP contribution in [0.4, 0.5) is 5.69 Å². The number of carboxylic acids is 1. The van der Waals surface area contributed by atoms with Crippen molar-refractivity contribution in [3.63, 3.8) is 0 Å². The SMILES string of the molecule is CCN(CC)C(=O)c1ccc(OCC(=O)Nc2cc(C(=O)O)ccc2C)cc1. The molecule has 0 aliphatic carbocycles. The molecule has 2 amide bonds. The third-order valence-corrected chi connectivity index (χ3v) is 4.28. The molecule has 2 N–H and O–H groups in total. The molecule has 28 heavy (non-hydrogen) atoms. The van der Waals surface area contributed by atoms with Crippen LogP contribution in [-0.2, 0) is 4.79 Å². The number of benzene rings is 2. The Kier molecular flexibility index (Phi) is 7.14. The van der Waals surface area contributed by atoms with Crippen molar-refractivity contribution in [2.24, 2.45) is 0 Å². The van der Waals surface area contributed by atoms with Crippen molar-refractivity contribution in [1.82, 2.24) is 4.90 Å². The number of nitrogens with one attached hydrogen (secondary N) is 1. The maximum atomic E-state index is 12.3. The van der Waals surface area contributed by atoms with Crippen LogP contribution in [-0.4, -0.2) is 47.5 Å². The predicted octanol–water partition coefficient (Wildman–Crippen LogP) is 3.19. The Morgan fingerprint density at radius 1 is 1.00 bits per heavy atom. The molecule has 7 heteroatoms. The molecule has 0 aliphatic heterocycles. The molecule has 0 aliphatic rings. The van der Waals surface area contributed by atoms with Gasteiger partial charge in [-0.15, -0.1) is 0 Å². The van der Waals surface area contributed by atoms with Gasteiger partial charge in [0.25, 0.3) is 11.8 Å². The summed E-state index contributed by atoms with van der Waals surface area (Å²) in [6.45, 7) is 6.65. The Labute approximate surface area is 163 Å². The second-order valence-corrected chi connectivity index (χ2v) is 6.17. The van der Waals surface area contributed by atoms with Crippen LogP contribution < -0.4 is 10.1 Å². The van der Waals surface area contributed by atoms with E-state index >= 15 is 0 Å². The largest absolute Gasteiger partial charge is 0.484 e. The molecule has 0 saturated heterocycles. The van der Waals surface area contributed by atoms with Crippen molar-refractivity contribution in [1.29, 1.82) is 0 Å². The Morgan fingerprint density at radius 3 is 2.18 bits per heavy atom. The van der Waals surface area contributed by atoms with Crippen LogP contribution in [0.2, 0.25) is 0 Å². The molecule has 0 saturated carbocycles. The third kappa shape index (κ3) is 5.33. The van der Waals surface area contributed by atoms with E-state index < -0.39 is 11.9 Å². The van der Waals surface area contributed by atoms with Gasteiger partial charge in [0.2, 0.25) is 0 Å². The predicted molar refractivity (Wildman–Crippen MR) is 106 cm³/mol. The number of amides is 2. The summed E-state index contributed by atoms with van der Waals surface area (Å²) in [4.78, 5) is 37.2. The topological polar surface area (TPSA) is 95.9 Å². The molecule has 0 aromatic heterocycles. The van der Waals surface area contributed by atoms with E-state index in [0.717, 1.165) is 5.56 Å². The first-order valence-electron chi connectivity index (χ1n) is 9.01. The number of carbonyl (C=O) groups is 3. The molecule has 0 atom stereocenters. The highest BCUT2D eigenvalue weighted by Gasteiger charge is 2.13. The minimum Gasteiger partial charge on any atom is -0.484 e. The smallest absolute Gasteiger partial charge is 0.335 e. The molecule has 0 heterocycles. The van der Waals surface area contributed by atoms with E-state index in [0.29, 0.717) is 30.1 Å². The van der Waals surface area contributed by atoms with E-state index in [1.807, 2.05) is 13.8 Å². The van der Waals surface area contributed by atoms with Crippen molar-refractivity contribution < 1.29 is 24.2 Å². The number of aromatic carboxylic acids is 1. The number of ether oxygens (including phenoxy) is 1. The third-order valence-electron chi connectivity index (χ3n) is 4.28. The summed E-state index contributed by atoms with van der Waals surface area (Å²) in [5, 5.41) is 11.7. The summed E-state index contributed by atoms with van der Waals surface area (Å²) in [6.07, 6.45) is 0. The Balaban J connectivity index is 1.95. The summed E-state index contributed by atoms with van der Waals surface area (Å²) in [5.41, 5.74) is 1.82. The first-order valence-corrected chi connectivity index (χ1v) is 9.01. The van der Waals surface area contributed by atoms with Gasteiger partial charge < -0.3 is 20.1 Å². The number of anilines is 1. The van der Waals surface area contributed by atoms with Crippen LogP contribution in [0.25, 0.3) is 0 Å². The van der Waals surface area contributed by atoms with Gasteiger partial charge in [-0.25, -0.2) is 4.79 Å². The molecule has 148 valence electrons. The molecular weight excluding hydrogens is 360 g/mol. The maximum absolute atomic E-state index is 12.3. The van der Waals surface area contributed by atoms with E-state index in [9.17, 15) is 14.4 Å². The van der Waals surface area contributed by atoms with E-state index in [1.54, 1.807) is 42.2 Å². The molecule has 2 aromatic carbocycles. The Hall–Kier alpha value is -3.35. The number of carboxylic acid groups (broad SMARTS) is 1. The van der Waals surface area contributed by atoms with Crippen LogP contribution in [0.15, 0.2) is 42.5 Å². The number of carbonyl (C=O) groups excluding carboxylic acids is 2. The normalized spacial score (nSPS) is 10.2. The zero-order valence-electron chi connectivity index (χ0n) is 16.2. The molecule has 0 spiro atoms. The van der Waals surface area contributed by atoms with Gasteiger partial charge in [-0.2, -0.15) is 0 Å². The number of hydrogen-bond donors (Lipinski definition) is 2. The lowest BCUT2D eigenvalue weighted by atomic mass is 10.1. The lowest BCUT2D eigenvalue weighted by molar-refractivity contribution is -0.118. The fraction of sp³-hybridized carbons (Fsp3) is 0.286. The molecule has 0 unspecified atom stereocenters. The molecule has 7 nitrogen and oxygen atoms in total. The molecule has 0 radical (unpaired) electrons. The monoisotopic (exact) mass is 384 g/mol. The van der Waals surface area contributed by atoms with Gasteiger partial charge in [0, 0.05) is 24.3 Å². The standard InChI is InChI=1S/C21H24N2O5/c1-4-23(5-2)20(25)15-8-10-17(11-9-15)28-13-19(24)22-18-12-16(21(26)27)7-6-14(18)3/h6-12H,4-5,13H2,1-3H3,(H,22,24)(H,26,27). The van der Waals surface area contributed by atoms with Crippen LogP contribution in [0, 0.1) is 6.92 Å². The van der Waals surface area contributed by atoms with Crippen LogP contribution in [0.3, 0.4) is 0 Å². The van der Waals surface area contributed by atoms with E-state index in [2.05, 4.69) is 5.32 Å². The van der Waals surface area contributed by atoms with Crippen molar-refractivity contribution in [2.45, 2.75) is 20.8 Å². The van der Waals surface area contributed by atoms with Crippen molar-refractivity contribution in [3.05, 3.63) is 59.2 Å². The number of rotatable bonds is 8. The highest BCUT2D eigenvalue weighted by Crippen LogP contribution is 2.18. The Morgan fingerprint density at radius 2 is 1.61 bits per heavy atom. The Bertz CT molecular complexity index is 858. The minimum absolute atomic E-state index is 0.0527. The second kappa shape index (κ2) is 9.55. The summed E-state index contributed by atoms with van der Waals surface area (Å²) >= 11 is 0. The number of aryl methyl sites for hydroxylation is 1. The number of hydrogen-bond acceptors (Lipinski definition) is 4. The zero-order valence-corrected chi connectivity index (χ0v) is 16.2. The summed E-state index contributed by atoms with van der Waals surface area (Å²) in [7, 11) is 0. The van der Waals surface area contributed by atoms with Crippen LogP contribution in [0.1, 0.15) is 40.1 Å². The summed E-state index contributed by atoms with van der Waals surface area (Å²) < 4.78 is 5.45. The van der Waals surface area contributed by atoms with Gasteiger partial charge in [-0.3, -0.25) is 9.59 Å². The average Bonchev–Trinajstić information content (AvgIpc) is 2.69. The van der Waals surface area contributed by atoms with Gasteiger partial charge in [-0.05, 0) is 62.7 Å². The molecular formula is C21H24N2O5. The van der Waals surface area contributed by atoms with E-state index in [1.165, 1.54) is 12.1 Å². The molecule has 0 fully saturated rings. The second-order valence-electron chi connectivity index (χ2n) is 6.17. The first kappa shape index (κ1) is 21.0. The van der Waals surface area contributed by atoms with Gasteiger partial charge in [-0.1, -0.05) is 6.07 Å². The highest BCUT2D eigenvalue weighted by molar-refractivity contribution is 5.96. The van der Waals surface area contributed by atoms with E-state index in [-0.39, 0.29) is 18.1 Å². The molecule has 2 aromatic rings. The zero-order chi connectivity index (χ0) is 20.7. The maximum Gasteiger partial charge on any atom is 0.335 e. The van der Waals surface area contributed by atoms with Crippen molar-refractivity contribution in [3.8, 4) is 5.75 Å². The summed E-state index contributed by atoms with van der Waals surface area (Å²) in [5.74, 6) is -1.06. The quantitative estimate of drug-likeness (QED) is 0.729. The fourth-order valence-electron chi connectivity index (χ4n) is 2.61. The van der Waals surface area contributed by atoms with E-state index in [4.69, 9.17) is 9.84 Å². The lowest BCUT2D eigenvalue weighted by Gasteiger charge is -2.18. The van der Waals surface area contributed by atoms with Crippen molar-refractivity contribution >= 4 is 23.5 Å². The first-order chi connectivity index (χ1) is 13.3. The van der Waals surface area contributed by atoms with Crippen molar-refractivity contribution in [2.75, 3.05) is 25.0 Å². The average molecular weight is 384 g/mol. The number of nitrogens with zero attached hydrogens (tertiary/aromatic N) is 1. The fourth-order valence-corrected chi connectivity index (χ4v) is 2.61. The van der Waals surface area contributed by atoms with Gasteiger partial charge >= 0.3 is 5.97 Å². The summed E-state index contributed by atoms with van der Waals surface area (Å²) in [6, 6.07) is 11.1. The molecule has 0 bridgehead atoms. The van der Waals surface area contributed by atoms with Crippen LogP contribution >= 0.6 is 0 Å². The highest BCUT2D eigenvalue weighted by atomic mass is 16.5. The van der Waals surface area contributed by atoms with Crippen LogP contribution in [0.5, 0.6) is 5.75 Å². The van der Waals surface area contributed by atoms with Gasteiger partial charge in [0.05, 0.1) is 5.56 Å². The minimum atomic E-state index is -1.06. The molecule has 2 rings (SSSR count). The van der Waals surface area contributed by atoms with Gasteiger partial charge in [0.1, 0.15) is 5.75 Å². The van der Waals surface area contributed by atoms with Gasteiger partial charge in [0.15, 0.2) is 6.61 Å².